The van der Waals surface area contributed by atoms with Crippen LogP contribution < -0.4 is 10.4 Å². The van der Waals surface area contributed by atoms with Crippen LogP contribution in [0.15, 0.2) is 30.5 Å². The van der Waals surface area contributed by atoms with Crippen molar-refractivity contribution in [1.82, 2.24) is 10.3 Å². The van der Waals surface area contributed by atoms with Crippen LogP contribution in [0.5, 0.6) is 0 Å². The number of carboxylic acids is 1. The highest BCUT2D eigenvalue weighted by atomic mass is 16.4. The molecule has 0 spiro atoms. The summed E-state index contributed by atoms with van der Waals surface area (Å²) in [5.74, 6) is -1.72. The topological polar surface area (TPSA) is 85.0 Å². The van der Waals surface area contributed by atoms with Crippen molar-refractivity contribution >= 4 is 22.8 Å². The first-order chi connectivity index (χ1) is 9.99. The smallest absolute Gasteiger partial charge is 0.220 e. The maximum atomic E-state index is 11.9. The van der Waals surface area contributed by atoms with Gasteiger partial charge < -0.3 is 20.2 Å². The molecule has 0 bridgehead atoms. The van der Waals surface area contributed by atoms with Crippen LogP contribution in [0.3, 0.4) is 0 Å². The zero-order chi connectivity index (χ0) is 15.4. The largest absolute Gasteiger partial charge is 0.548 e. The van der Waals surface area contributed by atoms with E-state index in [9.17, 15) is 14.7 Å². The number of rotatable bonds is 6. The quantitative estimate of drug-likeness (QED) is 0.831. The molecule has 1 aromatic carbocycles. The number of carboxylic acid groups (broad SMARTS) is 1. The SMILES string of the molecule is CC(C)[C@H](NC(=O)CCc1c[nH]c2ccccc12)C(=O)[O-]. The van der Waals surface area contributed by atoms with E-state index in [1.807, 2.05) is 30.5 Å². The second-order valence-electron chi connectivity index (χ2n) is 5.47. The fraction of sp³-hybridized carbons (Fsp3) is 0.375. The predicted molar refractivity (Wildman–Crippen MR) is 78.4 cm³/mol. The van der Waals surface area contributed by atoms with Gasteiger partial charge in [0.05, 0.1) is 12.0 Å². The number of fused-ring (bicyclic) bond motifs is 1. The minimum Gasteiger partial charge on any atom is -0.548 e. The van der Waals surface area contributed by atoms with Crippen LogP contribution in [0.25, 0.3) is 10.9 Å². The van der Waals surface area contributed by atoms with Gasteiger partial charge in [-0.15, -0.1) is 0 Å². The zero-order valence-corrected chi connectivity index (χ0v) is 12.2. The molecule has 0 fully saturated rings. The van der Waals surface area contributed by atoms with E-state index in [0.717, 1.165) is 16.5 Å². The minimum absolute atomic E-state index is 0.202. The average molecular weight is 287 g/mol. The fourth-order valence-corrected chi connectivity index (χ4v) is 2.33. The Morgan fingerprint density at radius 2 is 2.00 bits per heavy atom. The van der Waals surface area contributed by atoms with Crippen LogP contribution in [-0.4, -0.2) is 22.9 Å². The summed E-state index contributed by atoms with van der Waals surface area (Å²) >= 11 is 0. The summed E-state index contributed by atoms with van der Waals surface area (Å²) in [4.78, 5) is 26.0. The Kier molecular flexibility index (Phi) is 4.62. The third kappa shape index (κ3) is 3.62. The molecular formula is C16H19N2O3-. The Labute approximate surface area is 123 Å². The van der Waals surface area contributed by atoms with Crippen molar-refractivity contribution in [3.63, 3.8) is 0 Å². The molecule has 0 saturated carbocycles. The molecule has 1 atom stereocenters. The molecule has 1 heterocycles. The monoisotopic (exact) mass is 287 g/mol. The first-order valence-corrected chi connectivity index (χ1v) is 7.04. The Hall–Kier alpha value is -2.30. The van der Waals surface area contributed by atoms with Gasteiger partial charge in [-0.2, -0.15) is 0 Å². The highest BCUT2D eigenvalue weighted by Crippen LogP contribution is 2.18. The molecule has 21 heavy (non-hydrogen) atoms. The molecule has 0 unspecified atom stereocenters. The number of amides is 1. The number of aromatic nitrogens is 1. The molecular weight excluding hydrogens is 268 g/mol. The number of hydrogen-bond donors (Lipinski definition) is 2. The number of carbonyl (C=O) groups is 2. The van der Waals surface area contributed by atoms with Crippen LogP contribution >= 0.6 is 0 Å². The summed E-state index contributed by atoms with van der Waals surface area (Å²) in [5, 5.41) is 14.6. The molecule has 112 valence electrons. The summed E-state index contributed by atoms with van der Waals surface area (Å²) in [6.07, 6.45) is 2.70. The van der Waals surface area contributed by atoms with E-state index in [-0.39, 0.29) is 18.2 Å². The van der Waals surface area contributed by atoms with Crippen molar-refractivity contribution < 1.29 is 14.7 Å². The van der Waals surface area contributed by atoms with Crippen LogP contribution in [-0.2, 0) is 16.0 Å². The summed E-state index contributed by atoms with van der Waals surface area (Å²) in [7, 11) is 0. The molecule has 0 aliphatic heterocycles. The number of nitrogens with one attached hydrogen (secondary N) is 2. The highest BCUT2D eigenvalue weighted by Gasteiger charge is 2.17. The lowest BCUT2D eigenvalue weighted by Crippen LogP contribution is -2.50. The van der Waals surface area contributed by atoms with Gasteiger partial charge in [0.25, 0.3) is 0 Å². The van der Waals surface area contributed by atoms with Crippen LogP contribution in [0.2, 0.25) is 0 Å². The van der Waals surface area contributed by atoms with Gasteiger partial charge >= 0.3 is 0 Å². The molecule has 5 nitrogen and oxygen atoms in total. The van der Waals surface area contributed by atoms with E-state index in [2.05, 4.69) is 10.3 Å². The number of hydrogen-bond acceptors (Lipinski definition) is 3. The number of H-pyrrole nitrogens is 1. The van der Waals surface area contributed by atoms with Crippen molar-refractivity contribution in [3.8, 4) is 0 Å². The van der Waals surface area contributed by atoms with Gasteiger partial charge in [-0.25, -0.2) is 0 Å². The van der Waals surface area contributed by atoms with Crippen LogP contribution in [0.4, 0.5) is 0 Å². The standard InChI is InChI=1S/C16H20N2O3/c1-10(2)15(16(20)21)18-14(19)8-7-11-9-17-13-6-4-3-5-12(11)13/h3-6,9-10,15,17H,7-8H2,1-2H3,(H,18,19)(H,20,21)/p-1/t15-/m0/s1. The lowest BCUT2D eigenvalue weighted by molar-refractivity contribution is -0.309. The van der Waals surface area contributed by atoms with E-state index in [1.165, 1.54) is 0 Å². The first kappa shape index (κ1) is 15.1. The van der Waals surface area contributed by atoms with Crippen LogP contribution in [0.1, 0.15) is 25.8 Å². The first-order valence-electron chi connectivity index (χ1n) is 7.04. The van der Waals surface area contributed by atoms with Gasteiger partial charge in [-0.05, 0) is 24.0 Å². The molecule has 0 aliphatic rings. The predicted octanol–water partition coefficient (Wildman–Crippen LogP) is 0.991. The third-order valence-electron chi connectivity index (χ3n) is 3.53. The lowest BCUT2D eigenvalue weighted by atomic mass is 10.0. The third-order valence-corrected chi connectivity index (χ3v) is 3.53. The normalized spacial score (nSPS) is 12.5. The van der Waals surface area contributed by atoms with E-state index in [4.69, 9.17) is 0 Å². The van der Waals surface area contributed by atoms with Gasteiger partial charge in [0.2, 0.25) is 5.91 Å². The van der Waals surface area contributed by atoms with Gasteiger partial charge in [0.15, 0.2) is 0 Å². The second kappa shape index (κ2) is 6.43. The van der Waals surface area contributed by atoms with E-state index < -0.39 is 12.0 Å². The Morgan fingerprint density at radius 1 is 1.29 bits per heavy atom. The Morgan fingerprint density at radius 3 is 2.67 bits per heavy atom. The maximum Gasteiger partial charge on any atom is 0.220 e. The van der Waals surface area contributed by atoms with Crippen molar-refractivity contribution in [2.75, 3.05) is 0 Å². The molecule has 0 aliphatic carbocycles. The Bertz CT molecular complexity index is 646. The molecule has 2 N–H and O–H groups in total. The van der Waals surface area contributed by atoms with Crippen molar-refractivity contribution in [2.45, 2.75) is 32.7 Å². The van der Waals surface area contributed by atoms with E-state index >= 15 is 0 Å². The van der Waals surface area contributed by atoms with Gasteiger partial charge in [-0.3, -0.25) is 4.79 Å². The average Bonchev–Trinajstić information content (AvgIpc) is 2.85. The number of aryl methyl sites for hydroxylation is 1. The van der Waals surface area contributed by atoms with Crippen molar-refractivity contribution in [3.05, 3.63) is 36.0 Å². The van der Waals surface area contributed by atoms with Crippen LogP contribution in [0, 0.1) is 5.92 Å². The van der Waals surface area contributed by atoms with Gasteiger partial charge in [0, 0.05) is 23.5 Å². The molecule has 2 rings (SSSR count). The van der Waals surface area contributed by atoms with E-state index in [0.29, 0.717) is 6.42 Å². The molecule has 1 aromatic heterocycles. The zero-order valence-electron chi connectivity index (χ0n) is 12.2. The highest BCUT2D eigenvalue weighted by molar-refractivity contribution is 5.85. The molecule has 0 radical (unpaired) electrons. The van der Waals surface area contributed by atoms with Gasteiger partial charge in [0.1, 0.15) is 0 Å². The second-order valence-corrected chi connectivity index (χ2v) is 5.47. The van der Waals surface area contributed by atoms with Crippen molar-refractivity contribution in [2.24, 2.45) is 5.92 Å². The molecule has 0 saturated heterocycles. The molecule has 2 aromatic rings. The summed E-state index contributed by atoms with van der Waals surface area (Å²) in [6, 6.07) is 6.93. The maximum absolute atomic E-state index is 11.9. The van der Waals surface area contributed by atoms with Crippen molar-refractivity contribution in [1.29, 1.82) is 0 Å². The fourth-order valence-electron chi connectivity index (χ4n) is 2.33. The lowest BCUT2D eigenvalue weighted by Gasteiger charge is -2.23. The number of carbonyl (C=O) groups excluding carboxylic acids is 2. The molecule has 1 amide bonds. The van der Waals surface area contributed by atoms with E-state index in [1.54, 1.807) is 13.8 Å². The van der Waals surface area contributed by atoms with Gasteiger partial charge in [-0.1, -0.05) is 32.0 Å². The minimum atomic E-state index is -1.24. The number of benzene rings is 1. The Balaban J connectivity index is 1.96. The number of aromatic amines is 1. The number of aliphatic carboxylic acids is 1. The summed E-state index contributed by atoms with van der Waals surface area (Å²) in [5.41, 5.74) is 2.08. The summed E-state index contributed by atoms with van der Waals surface area (Å²) < 4.78 is 0. The molecule has 5 heteroatoms. The number of para-hydroxylation sites is 1. The summed E-state index contributed by atoms with van der Waals surface area (Å²) in [6.45, 7) is 3.47.